The molecule has 5 fully saturated rings. The SMILES string of the molecule is COC1CC[C]2[CH][C]3CCC[C]4[CH][C]1[CH][C]4CCC[C]3[CH]2.[Fe]. The van der Waals surface area contributed by atoms with E-state index in [9.17, 15) is 0 Å². The molecule has 0 heterocycles. The van der Waals surface area contributed by atoms with Crippen molar-refractivity contribution in [2.24, 2.45) is 0 Å². The van der Waals surface area contributed by atoms with Gasteiger partial charge in [-0.1, -0.05) is 12.8 Å². The van der Waals surface area contributed by atoms with Crippen LogP contribution in [0, 0.1) is 61.2 Å². The fraction of sp³-hybridized carbons (Fsp3) is 0.500. The van der Waals surface area contributed by atoms with Gasteiger partial charge in [-0.15, -0.1) is 0 Å². The molecule has 1 nitrogen and oxygen atoms in total. The Hall–Kier alpha value is 0.479. The number of rotatable bonds is 1. The third-order valence-corrected chi connectivity index (χ3v) is 5.36. The van der Waals surface area contributed by atoms with Crippen molar-refractivity contribution < 1.29 is 21.8 Å². The second-order valence-electron chi connectivity index (χ2n) is 6.72. The molecule has 0 N–H and O–H groups in total. The first-order valence-electron chi connectivity index (χ1n) is 8.42. The smallest absolute Gasteiger partial charge is 0.0640 e. The van der Waals surface area contributed by atoms with E-state index in [1.165, 1.54) is 50.4 Å². The molecule has 5 aliphatic rings. The summed E-state index contributed by atoms with van der Waals surface area (Å²) in [7, 11) is 1.86. The number of hydrogen-bond donors (Lipinski definition) is 0. The molecule has 0 amide bonds. The fourth-order valence-corrected chi connectivity index (χ4v) is 4.22. The van der Waals surface area contributed by atoms with Crippen molar-refractivity contribution in [2.45, 2.75) is 57.5 Å². The Bertz CT molecular complexity index is 332. The standard InChI is InChI=1S/C20H24O.Fe/c1-21-20-9-8-14-10-15-4-2-6-17-12-19(20)13-18(17)7-3-5-16(15)11-14;/h10-13,20H,2-9H2,1H3;. The van der Waals surface area contributed by atoms with E-state index < -0.39 is 0 Å². The van der Waals surface area contributed by atoms with Crippen LogP contribution in [0.3, 0.4) is 0 Å². The minimum Gasteiger partial charge on any atom is -0.381 e. The molecule has 5 aliphatic carbocycles. The van der Waals surface area contributed by atoms with Crippen LogP contribution in [-0.2, 0) is 21.8 Å². The fourth-order valence-electron chi connectivity index (χ4n) is 4.22. The predicted octanol–water partition coefficient (Wildman–Crippen LogP) is 4.44. The molecule has 0 saturated heterocycles. The van der Waals surface area contributed by atoms with Gasteiger partial charge in [-0.05, 0) is 93.8 Å². The maximum absolute atomic E-state index is 5.79. The Labute approximate surface area is 147 Å². The van der Waals surface area contributed by atoms with Gasteiger partial charge in [0.05, 0.1) is 6.10 Å². The molecule has 0 aromatic heterocycles. The average molecular weight is 336 g/mol. The van der Waals surface area contributed by atoms with E-state index in [1.807, 2.05) is 7.11 Å². The Balaban J connectivity index is 0.00000144. The van der Waals surface area contributed by atoms with E-state index in [1.54, 1.807) is 23.7 Å². The van der Waals surface area contributed by atoms with Gasteiger partial charge in [0, 0.05) is 30.1 Å². The van der Waals surface area contributed by atoms with Crippen LogP contribution in [-0.4, -0.2) is 13.2 Å². The molecule has 5 rings (SSSR count). The first kappa shape index (κ1) is 17.3. The van der Waals surface area contributed by atoms with Crippen LogP contribution in [0.5, 0.6) is 0 Å². The molecule has 1 unspecified atom stereocenters. The molecule has 0 aromatic rings. The van der Waals surface area contributed by atoms with Gasteiger partial charge in [0.25, 0.3) is 0 Å². The number of ether oxygens (including phenoxy) is 1. The van der Waals surface area contributed by atoms with E-state index in [4.69, 9.17) is 4.74 Å². The summed E-state index contributed by atoms with van der Waals surface area (Å²) in [6, 6.07) is 0. The van der Waals surface area contributed by atoms with Crippen LogP contribution in [0.25, 0.3) is 0 Å². The molecule has 118 valence electrons. The normalized spacial score (nSPS) is 33.4. The van der Waals surface area contributed by atoms with Gasteiger partial charge in [0.1, 0.15) is 0 Å². The summed E-state index contributed by atoms with van der Waals surface area (Å²) >= 11 is 0. The summed E-state index contributed by atoms with van der Waals surface area (Å²) in [5, 5.41) is 0. The largest absolute Gasteiger partial charge is 0.381 e. The Morgan fingerprint density at radius 1 is 0.773 bits per heavy atom. The van der Waals surface area contributed by atoms with Gasteiger partial charge < -0.3 is 4.74 Å². The van der Waals surface area contributed by atoms with Gasteiger partial charge in [0.2, 0.25) is 0 Å². The second-order valence-corrected chi connectivity index (χ2v) is 6.72. The zero-order valence-corrected chi connectivity index (χ0v) is 14.4. The van der Waals surface area contributed by atoms with E-state index >= 15 is 0 Å². The molecular weight excluding hydrogens is 312 g/mol. The topological polar surface area (TPSA) is 9.23 Å². The predicted molar refractivity (Wildman–Crippen MR) is 84.4 cm³/mol. The van der Waals surface area contributed by atoms with Gasteiger partial charge in [-0.2, -0.15) is 0 Å². The molecule has 6 bridgehead atoms. The third-order valence-electron chi connectivity index (χ3n) is 5.36. The average Bonchev–Trinajstić information content (AvgIpc) is 3.05. The van der Waals surface area contributed by atoms with Crippen LogP contribution in [0.15, 0.2) is 0 Å². The van der Waals surface area contributed by atoms with Crippen LogP contribution in [0.1, 0.15) is 51.4 Å². The molecule has 1 atom stereocenters. The van der Waals surface area contributed by atoms with Gasteiger partial charge in [-0.3, -0.25) is 0 Å². The first-order chi connectivity index (χ1) is 10.3. The van der Waals surface area contributed by atoms with Gasteiger partial charge >= 0.3 is 0 Å². The third kappa shape index (κ3) is 3.45. The number of fused-ring (bicyclic) bond motifs is 6. The van der Waals surface area contributed by atoms with Crippen LogP contribution < -0.4 is 0 Å². The van der Waals surface area contributed by atoms with Crippen molar-refractivity contribution in [1.82, 2.24) is 0 Å². The van der Waals surface area contributed by atoms with E-state index in [0.717, 1.165) is 12.8 Å². The van der Waals surface area contributed by atoms with Crippen molar-refractivity contribution in [3.8, 4) is 0 Å². The maximum atomic E-state index is 5.79. The zero-order chi connectivity index (χ0) is 14.2. The van der Waals surface area contributed by atoms with Crippen LogP contribution >= 0.6 is 0 Å². The van der Waals surface area contributed by atoms with E-state index in [-0.39, 0.29) is 23.2 Å². The second kappa shape index (κ2) is 7.58. The molecular formula is C20H24FeO. The zero-order valence-electron chi connectivity index (χ0n) is 13.3. The summed E-state index contributed by atoms with van der Waals surface area (Å²) in [6.45, 7) is 0. The maximum Gasteiger partial charge on any atom is 0.0640 e. The molecule has 22 heavy (non-hydrogen) atoms. The monoisotopic (exact) mass is 336 g/mol. The van der Waals surface area contributed by atoms with Crippen molar-refractivity contribution in [3.05, 3.63) is 61.2 Å². The summed E-state index contributed by atoms with van der Waals surface area (Å²) in [5.74, 6) is 9.35. The summed E-state index contributed by atoms with van der Waals surface area (Å²) in [5.41, 5.74) is 0. The molecule has 5 saturated carbocycles. The number of hydrogen-bond acceptors (Lipinski definition) is 1. The van der Waals surface area contributed by atoms with Crippen molar-refractivity contribution in [1.29, 1.82) is 0 Å². The molecule has 10 radical (unpaired) electrons. The van der Waals surface area contributed by atoms with Crippen molar-refractivity contribution >= 4 is 0 Å². The first-order valence-corrected chi connectivity index (χ1v) is 8.42. The van der Waals surface area contributed by atoms with Crippen molar-refractivity contribution in [3.63, 3.8) is 0 Å². The van der Waals surface area contributed by atoms with Crippen LogP contribution in [0.2, 0.25) is 0 Å². The molecule has 0 aromatic carbocycles. The summed E-state index contributed by atoms with van der Waals surface area (Å²) in [6.07, 6.45) is 19.8. The number of methoxy groups -OCH3 is 1. The van der Waals surface area contributed by atoms with Crippen molar-refractivity contribution in [2.75, 3.05) is 7.11 Å². The molecule has 2 heteroatoms. The summed E-state index contributed by atoms with van der Waals surface area (Å²) in [4.78, 5) is 0. The van der Waals surface area contributed by atoms with Gasteiger partial charge in [0.15, 0.2) is 0 Å². The minimum atomic E-state index is 0. The quantitative estimate of drug-likeness (QED) is 0.644. The Morgan fingerprint density at radius 2 is 1.27 bits per heavy atom. The van der Waals surface area contributed by atoms with Crippen LogP contribution in [0.4, 0.5) is 0 Å². The summed E-state index contributed by atoms with van der Waals surface area (Å²) < 4.78 is 5.79. The van der Waals surface area contributed by atoms with E-state index in [2.05, 4.69) is 25.7 Å². The Kier molecular flexibility index (Phi) is 5.96. The molecule has 0 spiro atoms. The minimum absolute atomic E-state index is 0. The van der Waals surface area contributed by atoms with E-state index in [0.29, 0.717) is 0 Å². The Morgan fingerprint density at radius 3 is 1.77 bits per heavy atom. The molecule has 0 aliphatic heterocycles. The van der Waals surface area contributed by atoms with Gasteiger partial charge in [-0.25, -0.2) is 0 Å².